The lowest BCUT2D eigenvalue weighted by molar-refractivity contribution is -0.133. The molecule has 1 aliphatic rings. The molecule has 104 valence electrons. The second kappa shape index (κ2) is 5.76. The number of carbonyl (C=O) groups excluding carboxylic acids is 1. The molecule has 1 unspecified atom stereocenters. The molecule has 0 fully saturated rings. The highest BCUT2D eigenvalue weighted by Gasteiger charge is 2.26. The lowest BCUT2D eigenvalue weighted by Gasteiger charge is -2.31. The maximum atomic E-state index is 12.1. The van der Waals surface area contributed by atoms with Crippen LogP contribution in [0.4, 0.5) is 0 Å². The van der Waals surface area contributed by atoms with Crippen LogP contribution in [0, 0.1) is 12.3 Å². The topological polar surface area (TPSA) is 83.6 Å². The number of benzene rings is 1. The van der Waals surface area contributed by atoms with Crippen LogP contribution >= 0.6 is 0 Å². The molecular formula is C15H16N2O3. The molecule has 3 N–H and O–H groups in total. The lowest BCUT2D eigenvalue weighted by atomic mass is 9.94. The predicted molar refractivity (Wildman–Crippen MR) is 73.9 cm³/mol. The van der Waals surface area contributed by atoms with E-state index in [1.54, 1.807) is 17.0 Å². The highest BCUT2D eigenvalue weighted by Crippen LogP contribution is 2.23. The summed E-state index contributed by atoms with van der Waals surface area (Å²) < 4.78 is 0. The fourth-order valence-corrected chi connectivity index (χ4v) is 2.45. The first kappa shape index (κ1) is 14.1. The van der Waals surface area contributed by atoms with Crippen LogP contribution in [-0.4, -0.2) is 34.5 Å². The van der Waals surface area contributed by atoms with Gasteiger partial charge in [-0.1, -0.05) is 12.1 Å². The summed E-state index contributed by atoms with van der Waals surface area (Å²) >= 11 is 0. The summed E-state index contributed by atoms with van der Waals surface area (Å²) in [6.07, 6.45) is 5.89. The minimum Gasteiger partial charge on any atom is -0.478 e. The zero-order valence-electron chi connectivity index (χ0n) is 11.0. The molecule has 1 aromatic carbocycles. The third-order valence-corrected chi connectivity index (χ3v) is 3.46. The van der Waals surface area contributed by atoms with Crippen molar-refractivity contribution in [2.45, 2.75) is 25.4 Å². The molecule has 20 heavy (non-hydrogen) atoms. The molecule has 0 aliphatic carbocycles. The van der Waals surface area contributed by atoms with E-state index < -0.39 is 12.0 Å². The van der Waals surface area contributed by atoms with Gasteiger partial charge in [0.15, 0.2) is 0 Å². The Hall–Kier alpha value is -2.32. The highest BCUT2D eigenvalue weighted by molar-refractivity contribution is 5.90. The molecule has 2 rings (SSSR count). The molecule has 0 bridgehead atoms. The van der Waals surface area contributed by atoms with Gasteiger partial charge in [-0.2, -0.15) is 0 Å². The van der Waals surface area contributed by atoms with Gasteiger partial charge in [-0.05, 0) is 23.6 Å². The minimum absolute atomic E-state index is 0.186. The summed E-state index contributed by atoms with van der Waals surface area (Å²) in [7, 11) is 0. The summed E-state index contributed by atoms with van der Waals surface area (Å²) in [5, 5.41) is 9.15. The third kappa shape index (κ3) is 2.65. The Balaban J connectivity index is 2.20. The Labute approximate surface area is 117 Å². The summed E-state index contributed by atoms with van der Waals surface area (Å²) in [5.41, 5.74) is 7.70. The molecule has 0 spiro atoms. The molecular weight excluding hydrogens is 256 g/mol. The van der Waals surface area contributed by atoms with Crippen molar-refractivity contribution < 1.29 is 14.7 Å². The first-order valence-electron chi connectivity index (χ1n) is 6.36. The molecule has 1 aromatic rings. The Morgan fingerprint density at radius 2 is 2.25 bits per heavy atom. The van der Waals surface area contributed by atoms with Crippen LogP contribution in [0.1, 0.15) is 27.9 Å². The molecule has 0 radical (unpaired) electrons. The second-order valence-corrected chi connectivity index (χ2v) is 4.77. The summed E-state index contributed by atoms with van der Waals surface area (Å²) in [5.74, 6) is 1.26. The molecule has 0 saturated carbocycles. The van der Waals surface area contributed by atoms with Crippen LogP contribution in [0.2, 0.25) is 0 Å². The van der Waals surface area contributed by atoms with Crippen molar-refractivity contribution in [3.63, 3.8) is 0 Å². The third-order valence-electron chi connectivity index (χ3n) is 3.46. The van der Waals surface area contributed by atoms with Crippen molar-refractivity contribution in [2.75, 3.05) is 6.54 Å². The number of aromatic carboxylic acids is 1. The number of hydrogen-bond donors (Lipinski definition) is 2. The maximum absolute atomic E-state index is 12.1. The van der Waals surface area contributed by atoms with E-state index in [0.717, 1.165) is 11.1 Å². The average molecular weight is 272 g/mol. The summed E-state index contributed by atoms with van der Waals surface area (Å²) in [6, 6.07) is 4.43. The van der Waals surface area contributed by atoms with Crippen molar-refractivity contribution in [3.05, 3.63) is 34.9 Å². The second-order valence-electron chi connectivity index (χ2n) is 4.77. The van der Waals surface area contributed by atoms with E-state index in [4.69, 9.17) is 17.3 Å². The fraction of sp³-hybridized carbons (Fsp3) is 0.333. The van der Waals surface area contributed by atoms with E-state index in [1.807, 2.05) is 6.07 Å². The largest absolute Gasteiger partial charge is 0.478 e. The van der Waals surface area contributed by atoms with Crippen molar-refractivity contribution in [2.24, 2.45) is 5.73 Å². The van der Waals surface area contributed by atoms with E-state index in [-0.39, 0.29) is 12.3 Å². The van der Waals surface area contributed by atoms with E-state index in [0.29, 0.717) is 25.1 Å². The van der Waals surface area contributed by atoms with Crippen LogP contribution in [0.15, 0.2) is 18.2 Å². The Morgan fingerprint density at radius 3 is 2.90 bits per heavy atom. The highest BCUT2D eigenvalue weighted by atomic mass is 16.4. The molecule has 5 nitrogen and oxygen atoms in total. The standard InChI is InChI=1S/C15H16N2O3/c1-2-4-13(16)14(18)17-8-7-11-10(9-17)5-3-6-12(11)15(19)20/h1,3,5-6,13H,4,7-9,16H2,(H,19,20). The predicted octanol–water partition coefficient (Wildman–Crippen LogP) is 0.620. The van der Waals surface area contributed by atoms with Crippen LogP contribution in [0.5, 0.6) is 0 Å². The van der Waals surface area contributed by atoms with Crippen LogP contribution < -0.4 is 5.73 Å². The number of carboxylic acid groups (broad SMARTS) is 1. The Bertz CT molecular complexity index is 589. The van der Waals surface area contributed by atoms with Crippen LogP contribution in [0.3, 0.4) is 0 Å². The number of terminal acetylenes is 1. The molecule has 1 heterocycles. The molecule has 1 amide bonds. The number of amides is 1. The fourth-order valence-electron chi connectivity index (χ4n) is 2.45. The van der Waals surface area contributed by atoms with Crippen LogP contribution in [-0.2, 0) is 17.8 Å². The van der Waals surface area contributed by atoms with Gasteiger partial charge in [0.1, 0.15) is 0 Å². The monoisotopic (exact) mass is 272 g/mol. The molecule has 5 heteroatoms. The van der Waals surface area contributed by atoms with E-state index >= 15 is 0 Å². The number of rotatable bonds is 3. The first-order chi connectivity index (χ1) is 9.54. The van der Waals surface area contributed by atoms with Crippen molar-refractivity contribution >= 4 is 11.9 Å². The molecule has 0 saturated heterocycles. The number of fused-ring (bicyclic) bond motifs is 1. The van der Waals surface area contributed by atoms with E-state index in [9.17, 15) is 9.59 Å². The van der Waals surface area contributed by atoms with Gasteiger partial charge in [-0.25, -0.2) is 4.79 Å². The van der Waals surface area contributed by atoms with Gasteiger partial charge in [0.25, 0.3) is 0 Å². The quantitative estimate of drug-likeness (QED) is 0.790. The number of hydrogen-bond acceptors (Lipinski definition) is 3. The first-order valence-corrected chi connectivity index (χ1v) is 6.36. The number of carboxylic acids is 1. The smallest absolute Gasteiger partial charge is 0.335 e. The number of carbonyl (C=O) groups is 2. The van der Waals surface area contributed by atoms with Gasteiger partial charge >= 0.3 is 5.97 Å². The molecule has 0 aromatic heterocycles. The molecule has 1 atom stereocenters. The van der Waals surface area contributed by atoms with Gasteiger partial charge in [0.2, 0.25) is 5.91 Å². The van der Waals surface area contributed by atoms with Gasteiger partial charge < -0.3 is 15.7 Å². The van der Waals surface area contributed by atoms with Crippen molar-refractivity contribution in [1.82, 2.24) is 4.90 Å². The van der Waals surface area contributed by atoms with Gasteiger partial charge in [-0.3, -0.25) is 4.79 Å². The average Bonchev–Trinajstić information content (AvgIpc) is 2.45. The number of nitrogens with zero attached hydrogens (tertiary/aromatic N) is 1. The van der Waals surface area contributed by atoms with E-state index in [1.165, 1.54) is 0 Å². The zero-order chi connectivity index (χ0) is 14.7. The SMILES string of the molecule is C#CCC(N)C(=O)N1CCc2c(cccc2C(=O)O)C1. The Kier molecular flexibility index (Phi) is 4.06. The normalized spacial score (nSPS) is 15.1. The summed E-state index contributed by atoms with van der Waals surface area (Å²) in [6.45, 7) is 0.849. The van der Waals surface area contributed by atoms with Gasteiger partial charge in [0.05, 0.1) is 11.6 Å². The zero-order valence-corrected chi connectivity index (χ0v) is 11.0. The minimum atomic E-state index is -0.939. The van der Waals surface area contributed by atoms with Gasteiger partial charge in [0, 0.05) is 19.5 Å². The number of nitrogens with two attached hydrogens (primary N) is 1. The van der Waals surface area contributed by atoms with E-state index in [2.05, 4.69) is 5.92 Å². The van der Waals surface area contributed by atoms with Gasteiger partial charge in [-0.15, -0.1) is 12.3 Å². The lowest BCUT2D eigenvalue weighted by Crippen LogP contribution is -2.45. The molecule has 1 aliphatic heterocycles. The van der Waals surface area contributed by atoms with Crippen LogP contribution in [0.25, 0.3) is 0 Å². The Morgan fingerprint density at radius 1 is 1.50 bits per heavy atom. The van der Waals surface area contributed by atoms with Crippen molar-refractivity contribution in [3.8, 4) is 12.3 Å². The van der Waals surface area contributed by atoms with Crippen molar-refractivity contribution in [1.29, 1.82) is 0 Å². The summed E-state index contributed by atoms with van der Waals surface area (Å²) in [4.78, 5) is 24.9. The maximum Gasteiger partial charge on any atom is 0.335 e.